The Balaban J connectivity index is 1.97. The Hall–Kier alpha value is -1.91. The Morgan fingerprint density at radius 2 is 1.76 bits per heavy atom. The summed E-state index contributed by atoms with van der Waals surface area (Å²) in [5, 5.41) is 0. The molecule has 0 spiro atoms. The highest BCUT2D eigenvalue weighted by Gasteiger charge is 2.10. The molecule has 1 heterocycles. The molecule has 1 unspecified atom stereocenters. The minimum atomic E-state index is 0.131. The quantitative estimate of drug-likeness (QED) is 0.606. The van der Waals surface area contributed by atoms with Crippen molar-refractivity contribution < 1.29 is 4.74 Å². The minimum absolute atomic E-state index is 0.131. The number of rotatable bonds is 7. The van der Waals surface area contributed by atoms with Crippen LogP contribution < -0.4 is 16.0 Å². The van der Waals surface area contributed by atoms with Crippen LogP contribution in [-0.2, 0) is 6.42 Å². The van der Waals surface area contributed by atoms with Crippen LogP contribution in [0.4, 0.5) is 0 Å². The number of hydrazine groups is 1. The lowest BCUT2D eigenvalue weighted by Gasteiger charge is -2.17. The van der Waals surface area contributed by atoms with Gasteiger partial charge in [-0.3, -0.25) is 16.3 Å². The van der Waals surface area contributed by atoms with Crippen molar-refractivity contribution in [3.63, 3.8) is 0 Å². The Labute approximate surface area is 126 Å². The van der Waals surface area contributed by atoms with Gasteiger partial charge in [0.05, 0.1) is 6.10 Å². The first kappa shape index (κ1) is 15.5. The number of benzene rings is 1. The fraction of sp³-hybridized carbons (Fsp3) is 0.353. The number of nitrogens with two attached hydrogens (primary N) is 1. The van der Waals surface area contributed by atoms with Crippen molar-refractivity contribution in [3.8, 4) is 5.75 Å². The van der Waals surface area contributed by atoms with Crippen molar-refractivity contribution in [2.45, 2.75) is 38.8 Å². The Kier molecular flexibility index (Phi) is 5.72. The van der Waals surface area contributed by atoms with Gasteiger partial charge in [-0.2, -0.15) is 0 Å². The minimum Gasteiger partial charge on any atom is -0.491 e. The Morgan fingerprint density at radius 3 is 2.33 bits per heavy atom. The van der Waals surface area contributed by atoms with Gasteiger partial charge < -0.3 is 4.74 Å². The first-order valence-electron chi connectivity index (χ1n) is 7.30. The molecule has 0 aliphatic carbocycles. The fourth-order valence-corrected chi connectivity index (χ4v) is 2.26. The second-order valence-electron chi connectivity index (χ2n) is 5.35. The second-order valence-corrected chi connectivity index (χ2v) is 5.35. The molecule has 0 amide bonds. The molecule has 3 N–H and O–H groups in total. The first-order valence-corrected chi connectivity index (χ1v) is 7.30. The standard InChI is InChI=1S/C17H23N3O/c1-13(2)21-16-6-4-15(5-7-16)17(20-18)8-3-14-9-11-19-12-10-14/h4-7,9-13,17,20H,3,8,18H2,1-2H3. The van der Waals surface area contributed by atoms with Crippen molar-refractivity contribution in [2.75, 3.05) is 0 Å². The molecular weight excluding hydrogens is 262 g/mol. The lowest BCUT2D eigenvalue weighted by molar-refractivity contribution is 0.242. The highest BCUT2D eigenvalue weighted by molar-refractivity contribution is 5.29. The van der Waals surface area contributed by atoms with Crippen LogP contribution in [0.15, 0.2) is 48.8 Å². The smallest absolute Gasteiger partial charge is 0.119 e. The summed E-state index contributed by atoms with van der Waals surface area (Å²) >= 11 is 0. The van der Waals surface area contributed by atoms with E-state index in [1.807, 2.05) is 50.5 Å². The predicted molar refractivity (Wildman–Crippen MR) is 84.8 cm³/mol. The van der Waals surface area contributed by atoms with Gasteiger partial charge >= 0.3 is 0 Å². The molecule has 4 heteroatoms. The summed E-state index contributed by atoms with van der Waals surface area (Å²) in [6, 6.07) is 12.3. The lowest BCUT2D eigenvalue weighted by atomic mass is 10.00. The average Bonchev–Trinajstić information content (AvgIpc) is 2.50. The molecule has 1 atom stereocenters. The Morgan fingerprint density at radius 1 is 1.10 bits per heavy atom. The number of aromatic nitrogens is 1. The van der Waals surface area contributed by atoms with Crippen LogP contribution >= 0.6 is 0 Å². The van der Waals surface area contributed by atoms with E-state index in [1.165, 1.54) is 11.1 Å². The largest absolute Gasteiger partial charge is 0.491 e. The topological polar surface area (TPSA) is 60.2 Å². The summed E-state index contributed by atoms with van der Waals surface area (Å²) in [6.07, 6.45) is 5.72. The van der Waals surface area contributed by atoms with Crippen molar-refractivity contribution in [2.24, 2.45) is 5.84 Å². The van der Waals surface area contributed by atoms with Crippen LogP contribution in [0.5, 0.6) is 5.75 Å². The van der Waals surface area contributed by atoms with E-state index < -0.39 is 0 Å². The third-order valence-corrected chi connectivity index (χ3v) is 3.33. The number of nitrogens with zero attached hydrogens (tertiary/aromatic N) is 1. The highest BCUT2D eigenvalue weighted by Crippen LogP contribution is 2.22. The van der Waals surface area contributed by atoms with Gasteiger partial charge in [0.15, 0.2) is 0 Å². The molecule has 0 saturated carbocycles. The summed E-state index contributed by atoms with van der Waals surface area (Å²) in [5.74, 6) is 6.58. The first-order chi connectivity index (χ1) is 10.2. The molecular formula is C17H23N3O. The van der Waals surface area contributed by atoms with E-state index in [-0.39, 0.29) is 12.1 Å². The van der Waals surface area contributed by atoms with Gasteiger partial charge in [-0.25, -0.2) is 0 Å². The molecule has 112 valence electrons. The Bertz CT molecular complexity index is 525. The zero-order chi connectivity index (χ0) is 15.1. The van der Waals surface area contributed by atoms with Gasteiger partial charge in [-0.1, -0.05) is 12.1 Å². The van der Waals surface area contributed by atoms with Gasteiger partial charge in [0.2, 0.25) is 0 Å². The third kappa shape index (κ3) is 4.85. The van der Waals surface area contributed by atoms with E-state index in [0.29, 0.717) is 0 Å². The highest BCUT2D eigenvalue weighted by atomic mass is 16.5. The maximum Gasteiger partial charge on any atom is 0.119 e. The van der Waals surface area contributed by atoms with E-state index in [4.69, 9.17) is 10.6 Å². The SMILES string of the molecule is CC(C)Oc1ccc(C(CCc2ccncc2)NN)cc1. The van der Waals surface area contributed by atoms with Gasteiger partial charge in [-0.05, 0) is 62.1 Å². The molecule has 0 bridgehead atoms. The van der Waals surface area contributed by atoms with E-state index in [9.17, 15) is 0 Å². The van der Waals surface area contributed by atoms with Crippen molar-refractivity contribution in [1.82, 2.24) is 10.4 Å². The van der Waals surface area contributed by atoms with E-state index in [1.54, 1.807) is 0 Å². The third-order valence-electron chi connectivity index (χ3n) is 3.33. The number of hydrogen-bond donors (Lipinski definition) is 2. The summed E-state index contributed by atoms with van der Waals surface area (Å²) < 4.78 is 5.65. The number of ether oxygens (including phenoxy) is 1. The van der Waals surface area contributed by atoms with E-state index in [2.05, 4.69) is 22.5 Å². The molecule has 4 nitrogen and oxygen atoms in total. The van der Waals surface area contributed by atoms with Crippen LogP contribution in [-0.4, -0.2) is 11.1 Å². The molecule has 2 aromatic rings. The summed E-state index contributed by atoms with van der Waals surface area (Å²) in [5.41, 5.74) is 5.33. The monoisotopic (exact) mass is 285 g/mol. The molecule has 0 saturated heterocycles. The van der Waals surface area contributed by atoms with Crippen LogP contribution in [0.3, 0.4) is 0 Å². The van der Waals surface area contributed by atoms with Crippen LogP contribution in [0.2, 0.25) is 0 Å². The maximum atomic E-state index is 5.69. The normalized spacial score (nSPS) is 12.4. The van der Waals surface area contributed by atoms with Gasteiger partial charge in [0.1, 0.15) is 5.75 Å². The molecule has 1 aromatic heterocycles. The molecule has 0 radical (unpaired) electrons. The van der Waals surface area contributed by atoms with Crippen LogP contribution in [0, 0.1) is 0 Å². The molecule has 1 aromatic carbocycles. The fourth-order valence-electron chi connectivity index (χ4n) is 2.26. The molecule has 2 rings (SSSR count). The van der Waals surface area contributed by atoms with Crippen LogP contribution in [0.1, 0.15) is 37.4 Å². The van der Waals surface area contributed by atoms with Crippen molar-refractivity contribution in [3.05, 3.63) is 59.9 Å². The number of hydrogen-bond acceptors (Lipinski definition) is 4. The number of nitrogens with one attached hydrogen (secondary N) is 1. The average molecular weight is 285 g/mol. The summed E-state index contributed by atoms with van der Waals surface area (Å²) in [6.45, 7) is 4.04. The lowest BCUT2D eigenvalue weighted by Crippen LogP contribution is -2.28. The number of aryl methyl sites for hydroxylation is 1. The molecule has 0 fully saturated rings. The zero-order valence-corrected chi connectivity index (χ0v) is 12.6. The van der Waals surface area contributed by atoms with Crippen LogP contribution in [0.25, 0.3) is 0 Å². The van der Waals surface area contributed by atoms with E-state index >= 15 is 0 Å². The predicted octanol–water partition coefficient (Wildman–Crippen LogP) is 3.01. The number of pyridine rings is 1. The molecule has 0 aliphatic heterocycles. The molecule has 21 heavy (non-hydrogen) atoms. The summed E-state index contributed by atoms with van der Waals surface area (Å²) in [7, 11) is 0. The van der Waals surface area contributed by atoms with Gasteiger partial charge in [-0.15, -0.1) is 0 Å². The van der Waals surface area contributed by atoms with Crippen molar-refractivity contribution in [1.29, 1.82) is 0 Å². The van der Waals surface area contributed by atoms with Gasteiger partial charge in [0.25, 0.3) is 0 Å². The maximum absolute atomic E-state index is 5.69. The van der Waals surface area contributed by atoms with Crippen molar-refractivity contribution >= 4 is 0 Å². The summed E-state index contributed by atoms with van der Waals surface area (Å²) in [4.78, 5) is 4.03. The molecule has 0 aliphatic rings. The second kappa shape index (κ2) is 7.76. The van der Waals surface area contributed by atoms with Gasteiger partial charge in [0, 0.05) is 18.4 Å². The zero-order valence-electron chi connectivity index (χ0n) is 12.6. The van der Waals surface area contributed by atoms with E-state index in [0.717, 1.165) is 18.6 Å².